The third kappa shape index (κ3) is 5.01. The molecule has 1 heterocycles. The van der Waals surface area contributed by atoms with E-state index in [0.29, 0.717) is 41.6 Å². The highest BCUT2D eigenvalue weighted by molar-refractivity contribution is 9.10. The third-order valence-corrected chi connectivity index (χ3v) is 4.29. The number of benzene rings is 2. The van der Waals surface area contributed by atoms with Gasteiger partial charge in [-0.25, -0.2) is 5.43 Å². The predicted molar refractivity (Wildman–Crippen MR) is 106 cm³/mol. The number of methoxy groups -OCH3 is 1. The number of hydrogen-bond donors (Lipinski definition) is 2. The van der Waals surface area contributed by atoms with Gasteiger partial charge in [-0.2, -0.15) is 5.10 Å². The van der Waals surface area contributed by atoms with Crippen molar-refractivity contribution in [1.29, 1.82) is 0 Å². The van der Waals surface area contributed by atoms with Gasteiger partial charge in [0.2, 0.25) is 0 Å². The zero-order valence-electron chi connectivity index (χ0n) is 15.0. The molecule has 0 aliphatic carbocycles. The first-order chi connectivity index (χ1) is 13.6. The molecule has 146 valence electrons. The van der Waals surface area contributed by atoms with Crippen LogP contribution in [0.3, 0.4) is 0 Å². The number of carbonyl (C=O) groups excluding carboxylic acids is 2. The summed E-state index contributed by atoms with van der Waals surface area (Å²) >= 11 is 3.36. The lowest BCUT2D eigenvalue weighted by Crippen LogP contribution is -2.35. The Balaban J connectivity index is 1.52. The maximum absolute atomic E-state index is 12.2. The zero-order valence-corrected chi connectivity index (χ0v) is 16.6. The summed E-state index contributed by atoms with van der Waals surface area (Å²) in [6.07, 6.45) is 1.46. The highest BCUT2D eigenvalue weighted by atomic mass is 79.9. The van der Waals surface area contributed by atoms with Crippen LogP contribution in [0.15, 0.2) is 46.0 Å². The fourth-order valence-corrected chi connectivity index (χ4v) is 2.85. The molecule has 0 unspecified atom stereocenters. The number of nitrogens with one attached hydrogen (secondary N) is 2. The SMILES string of the molecule is COc1ccc(Br)cc1C=NNC(=O)CNC(=O)c1ccc2c(c1)OCCO2. The molecular weight excluding hydrogens is 430 g/mol. The van der Waals surface area contributed by atoms with Gasteiger partial charge in [0.25, 0.3) is 11.8 Å². The molecule has 0 atom stereocenters. The summed E-state index contributed by atoms with van der Waals surface area (Å²) in [5.74, 6) is 0.864. The summed E-state index contributed by atoms with van der Waals surface area (Å²) in [5.41, 5.74) is 3.43. The van der Waals surface area contributed by atoms with E-state index in [1.54, 1.807) is 37.4 Å². The zero-order chi connectivity index (χ0) is 19.9. The van der Waals surface area contributed by atoms with E-state index in [1.165, 1.54) is 6.21 Å². The van der Waals surface area contributed by atoms with Crippen molar-refractivity contribution in [3.8, 4) is 17.2 Å². The minimum atomic E-state index is -0.462. The average Bonchev–Trinajstić information content (AvgIpc) is 2.72. The second-order valence-corrected chi connectivity index (χ2v) is 6.64. The smallest absolute Gasteiger partial charge is 0.259 e. The van der Waals surface area contributed by atoms with Gasteiger partial charge in [-0.3, -0.25) is 9.59 Å². The van der Waals surface area contributed by atoms with E-state index in [0.717, 1.165) is 4.47 Å². The van der Waals surface area contributed by atoms with Gasteiger partial charge in [-0.1, -0.05) is 15.9 Å². The average molecular weight is 448 g/mol. The van der Waals surface area contributed by atoms with E-state index in [4.69, 9.17) is 14.2 Å². The van der Waals surface area contributed by atoms with Gasteiger partial charge in [-0.15, -0.1) is 0 Å². The number of halogens is 1. The highest BCUT2D eigenvalue weighted by Crippen LogP contribution is 2.30. The lowest BCUT2D eigenvalue weighted by molar-refractivity contribution is -0.120. The molecule has 9 heteroatoms. The lowest BCUT2D eigenvalue weighted by Gasteiger charge is -2.18. The van der Waals surface area contributed by atoms with Gasteiger partial charge < -0.3 is 19.5 Å². The largest absolute Gasteiger partial charge is 0.496 e. The van der Waals surface area contributed by atoms with Crippen LogP contribution in [0.1, 0.15) is 15.9 Å². The molecule has 1 aliphatic heterocycles. The van der Waals surface area contributed by atoms with Gasteiger partial charge in [-0.05, 0) is 36.4 Å². The van der Waals surface area contributed by atoms with Gasteiger partial charge >= 0.3 is 0 Å². The highest BCUT2D eigenvalue weighted by Gasteiger charge is 2.15. The molecule has 28 heavy (non-hydrogen) atoms. The van der Waals surface area contributed by atoms with Crippen molar-refractivity contribution in [2.45, 2.75) is 0 Å². The Bertz CT molecular complexity index is 916. The Morgan fingerprint density at radius 3 is 2.75 bits per heavy atom. The van der Waals surface area contributed by atoms with Gasteiger partial charge in [0.15, 0.2) is 11.5 Å². The first kappa shape index (κ1) is 19.7. The second-order valence-electron chi connectivity index (χ2n) is 5.72. The van der Waals surface area contributed by atoms with E-state index in [1.807, 2.05) is 6.07 Å². The Morgan fingerprint density at radius 1 is 1.18 bits per heavy atom. The van der Waals surface area contributed by atoms with E-state index in [9.17, 15) is 9.59 Å². The maximum Gasteiger partial charge on any atom is 0.259 e. The van der Waals surface area contributed by atoms with Crippen molar-refractivity contribution in [3.63, 3.8) is 0 Å². The molecule has 0 radical (unpaired) electrons. The van der Waals surface area contributed by atoms with E-state index in [-0.39, 0.29) is 6.54 Å². The van der Waals surface area contributed by atoms with Crippen molar-refractivity contribution in [2.24, 2.45) is 5.10 Å². The Hall–Kier alpha value is -3.07. The molecule has 2 N–H and O–H groups in total. The lowest BCUT2D eigenvalue weighted by atomic mass is 10.2. The number of rotatable bonds is 6. The number of carbonyl (C=O) groups is 2. The van der Waals surface area contributed by atoms with Crippen LogP contribution in [0, 0.1) is 0 Å². The number of amides is 2. The number of hydrogen-bond acceptors (Lipinski definition) is 6. The second kappa shape index (κ2) is 9.23. The summed E-state index contributed by atoms with van der Waals surface area (Å²) in [5, 5.41) is 6.42. The fraction of sp³-hybridized carbons (Fsp3) is 0.211. The van der Waals surface area contributed by atoms with Crippen molar-refractivity contribution >= 4 is 34.0 Å². The molecule has 0 bridgehead atoms. The summed E-state index contributed by atoms with van der Waals surface area (Å²) in [6, 6.07) is 10.3. The number of nitrogens with zero attached hydrogens (tertiary/aromatic N) is 1. The summed E-state index contributed by atoms with van der Waals surface area (Å²) < 4.78 is 16.9. The topological polar surface area (TPSA) is 98.2 Å². The maximum atomic E-state index is 12.2. The standard InChI is InChI=1S/C19H18BrN3O5/c1-26-15-5-3-14(20)8-13(15)10-22-23-18(24)11-21-19(25)12-2-4-16-17(9-12)28-7-6-27-16/h2-5,8-10H,6-7,11H2,1H3,(H,21,25)(H,23,24). The van der Waals surface area contributed by atoms with Crippen LogP contribution in [-0.2, 0) is 4.79 Å². The molecule has 3 rings (SSSR count). The number of hydrazone groups is 1. The molecule has 2 aromatic carbocycles. The van der Waals surface area contributed by atoms with Crippen LogP contribution in [0.25, 0.3) is 0 Å². The van der Waals surface area contributed by atoms with Gasteiger partial charge in [0, 0.05) is 15.6 Å². The van der Waals surface area contributed by atoms with Gasteiger partial charge in [0.1, 0.15) is 19.0 Å². The molecule has 0 aromatic heterocycles. The molecule has 0 spiro atoms. The minimum absolute atomic E-state index is 0.222. The summed E-state index contributed by atoms with van der Waals surface area (Å²) in [7, 11) is 1.55. The van der Waals surface area contributed by atoms with Crippen LogP contribution in [0.5, 0.6) is 17.2 Å². The van der Waals surface area contributed by atoms with Crippen LogP contribution in [0.2, 0.25) is 0 Å². The molecular formula is C19H18BrN3O5. The van der Waals surface area contributed by atoms with Crippen molar-refractivity contribution in [3.05, 3.63) is 52.0 Å². The van der Waals surface area contributed by atoms with Crippen molar-refractivity contribution in [2.75, 3.05) is 26.9 Å². The Morgan fingerprint density at radius 2 is 1.96 bits per heavy atom. The van der Waals surface area contributed by atoms with E-state index >= 15 is 0 Å². The quantitative estimate of drug-likeness (QED) is 0.521. The summed E-state index contributed by atoms with van der Waals surface area (Å²) in [6.45, 7) is 0.687. The number of ether oxygens (including phenoxy) is 3. The summed E-state index contributed by atoms with van der Waals surface area (Å²) in [4.78, 5) is 24.1. The molecule has 8 nitrogen and oxygen atoms in total. The first-order valence-electron chi connectivity index (χ1n) is 8.40. The molecule has 0 saturated heterocycles. The molecule has 2 amide bonds. The Kier molecular flexibility index (Phi) is 6.49. The van der Waals surface area contributed by atoms with E-state index in [2.05, 4.69) is 31.8 Å². The van der Waals surface area contributed by atoms with Crippen LogP contribution in [0.4, 0.5) is 0 Å². The molecule has 0 fully saturated rings. The number of fused-ring (bicyclic) bond motifs is 1. The van der Waals surface area contributed by atoms with Crippen LogP contribution < -0.4 is 25.0 Å². The predicted octanol–water partition coefficient (Wildman–Crippen LogP) is 2.11. The molecule has 2 aromatic rings. The Labute approximate surface area is 170 Å². The monoisotopic (exact) mass is 447 g/mol. The van der Waals surface area contributed by atoms with Crippen LogP contribution >= 0.6 is 15.9 Å². The van der Waals surface area contributed by atoms with E-state index < -0.39 is 11.8 Å². The fourth-order valence-electron chi connectivity index (χ4n) is 2.47. The van der Waals surface area contributed by atoms with Crippen molar-refractivity contribution in [1.82, 2.24) is 10.7 Å². The molecule has 1 aliphatic rings. The van der Waals surface area contributed by atoms with Crippen LogP contribution in [-0.4, -0.2) is 44.9 Å². The minimum Gasteiger partial charge on any atom is -0.496 e. The first-order valence-corrected chi connectivity index (χ1v) is 9.19. The normalized spacial score (nSPS) is 12.5. The molecule has 0 saturated carbocycles. The third-order valence-electron chi connectivity index (χ3n) is 3.80. The van der Waals surface area contributed by atoms with Crippen molar-refractivity contribution < 1.29 is 23.8 Å². The van der Waals surface area contributed by atoms with Gasteiger partial charge in [0.05, 0.1) is 19.9 Å².